The number of nitrogens with zero attached hydrogens (tertiary/aromatic N) is 1. The number of nitrogens with one attached hydrogen (secondary N) is 1. The van der Waals surface area contributed by atoms with Gasteiger partial charge >= 0.3 is 0 Å². The zero-order chi connectivity index (χ0) is 15.0. The van der Waals surface area contributed by atoms with Crippen molar-refractivity contribution in [2.75, 3.05) is 11.4 Å². The molecule has 0 bridgehead atoms. The Labute approximate surface area is 123 Å². The van der Waals surface area contributed by atoms with Gasteiger partial charge in [-0.05, 0) is 24.4 Å². The van der Waals surface area contributed by atoms with E-state index in [9.17, 15) is 9.59 Å². The number of rotatable bonds is 4. The van der Waals surface area contributed by atoms with Crippen LogP contribution in [0.5, 0.6) is 0 Å². The molecule has 1 atom stereocenters. The minimum atomic E-state index is -0.560. The Balaban J connectivity index is 2.03. The Morgan fingerprint density at radius 2 is 2.05 bits per heavy atom. The number of amides is 2. The maximum atomic E-state index is 12.6. The Morgan fingerprint density at radius 3 is 2.76 bits per heavy atom. The van der Waals surface area contributed by atoms with E-state index in [1.165, 1.54) is 0 Å². The summed E-state index contributed by atoms with van der Waals surface area (Å²) in [4.78, 5) is 26.3. The monoisotopic (exact) mass is 280 g/mol. The van der Waals surface area contributed by atoms with E-state index in [4.69, 9.17) is 0 Å². The van der Waals surface area contributed by atoms with Crippen molar-refractivity contribution < 1.29 is 9.59 Å². The van der Waals surface area contributed by atoms with Crippen LogP contribution in [0.4, 0.5) is 5.69 Å². The largest absolute Gasteiger partial charge is 0.351 e. The van der Waals surface area contributed by atoms with Crippen LogP contribution in [-0.4, -0.2) is 24.4 Å². The van der Waals surface area contributed by atoms with Crippen LogP contribution in [0.1, 0.15) is 17.3 Å². The van der Waals surface area contributed by atoms with Gasteiger partial charge in [0.05, 0.1) is 5.69 Å². The van der Waals surface area contributed by atoms with E-state index in [1.54, 1.807) is 17.9 Å². The summed E-state index contributed by atoms with van der Waals surface area (Å²) in [5, 5.41) is 4.68. The van der Waals surface area contributed by atoms with Gasteiger partial charge in [0.25, 0.3) is 5.91 Å². The lowest BCUT2D eigenvalue weighted by Crippen LogP contribution is -2.46. The van der Waals surface area contributed by atoms with Crippen LogP contribution >= 0.6 is 0 Å². The molecule has 0 radical (unpaired) electrons. The molecule has 2 aromatic rings. The average molecular weight is 280 g/mol. The first-order chi connectivity index (χ1) is 10.1. The summed E-state index contributed by atoms with van der Waals surface area (Å²) in [5.41, 5.74) is 1.46. The SMILES string of the molecule is C=CCNC(=O)[C@@H](C)N1C(=O)c2cccc3cccc1c23. The number of carbonyl (C=O) groups is 2. The van der Waals surface area contributed by atoms with E-state index in [0.29, 0.717) is 12.1 Å². The van der Waals surface area contributed by atoms with Gasteiger partial charge in [0.1, 0.15) is 6.04 Å². The summed E-state index contributed by atoms with van der Waals surface area (Å²) in [5.74, 6) is -0.309. The zero-order valence-electron chi connectivity index (χ0n) is 11.8. The first-order valence-electron chi connectivity index (χ1n) is 6.89. The second-order valence-electron chi connectivity index (χ2n) is 5.07. The van der Waals surface area contributed by atoms with Crippen LogP contribution < -0.4 is 10.2 Å². The fourth-order valence-corrected chi connectivity index (χ4v) is 2.76. The number of carbonyl (C=O) groups excluding carboxylic acids is 2. The normalized spacial score (nSPS) is 14.3. The summed E-state index contributed by atoms with van der Waals surface area (Å²) in [7, 11) is 0. The first-order valence-corrected chi connectivity index (χ1v) is 6.89. The van der Waals surface area contributed by atoms with E-state index in [2.05, 4.69) is 11.9 Å². The van der Waals surface area contributed by atoms with Crippen molar-refractivity contribution in [1.82, 2.24) is 5.32 Å². The van der Waals surface area contributed by atoms with E-state index < -0.39 is 6.04 Å². The summed E-state index contributed by atoms with van der Waals surface area (Å²) in [6, 6.07) is 10.8. The smallest absolute Gasteiger partial charge is 0.259 e. The Morgan fingerprint density at radius 1 is 1.33 bits per heavy atom. The summed E-state index contributed by atoms with van der Waals surface area (Å²) < 4.78 is 0. The molecule has 1 aliphatic rings. The average Bonchev–Trinajstić information content (AvgIpc) is 2.79. The van der Waals surface area contributed by atoms with Crippen LogP contribution in [0, 0.1) is 0 Å². The number of anilines is 1. The zero-order valence-corrected chi connectivity index (χ0v) is 11.8. The minimum Gasteiger partial charge on any atom is -0.351 e. The third kappa shape index (κ3) is 2.00. The molecule has 2 amide bonds. The number of benzene rings is 2. The van der Waals surface area contributed by atoms with E-state index in [0.717, 1.165) is 16.5 Å². The minimum absolute atomic E-state index is 0.122. The highest BCUT2D eigenvalue weighted by Gasteiger charge is 2.35. The molecule has 0 aromatic heterocycles. The second-order valence-corrected chi connectivity index (χ2v) is 5.07. The molecular weight excluding hydrogens is 264 g/mol. The van der Waals surface area contributed by atoms with Crippen molar-refractivity contribution in [3.05, 3.63) is 54.6 Å². The standard InChI is InChI=1S/C17H16N2O2/c1-3-10-18-16(20)11(2)19-14-9-5-7-12-6-4-8-13(15(12)14)17(19)21/h3-9,11H,1,10H2,2H3,(H,18,20)/t11-/m1/s1. The molecule has 0 unspecified atom stereocenters. The van der Waals surface area contributed by atoms with E-state index >= 15 is 0 Å². The van der Waals surface area contributed by atoms with Crippen LogP contribution in [0.3, 0.4) is 0 Å². The highest BCUT2D eigenvalue weighted by molar-refractivity contribution is 6.26. The van der Waals surface area contributed by atoms with Crippen molar-refractivity contribution in [2.45, 2.75) is 13.0 Å². The van der Waals surface area contributed by atoms with Crippen molar-refractivity contribution in [3.8, 4) is 0 Å². The molecule has 0 aliphatic carbocycles. The number of hydrogen-bond donors (Lipinski definition) is 1. The highest BCUT2D eigenvalue weighted by atomic mass is 16.2. The molecule has 4 nitrogen and oxygen atoms in total. The lowest BCUT2D eigenvalue weighted by Gasteiger charge is -2.24. The van der Waals surface area contributed by atoms with Gasteiger partial charge in [-0.25, -0.2) is 0 Å². The molecule has 4 heteroatoms. The van der Waals surface area contributed by atoms with E-state index in [1.807, 2.05) is 36.4 Å². The second kappa shape index (κ2) is 5.05. The Hall–Kier alpha value is -2.62. The molecule has 1 N–H and O–H groups in total. The molecular formula is C17H16N2O2. The third-order valence-electron chi connectivity index (χ3n) is 3.78. The van der Waals surface area contributed by atoms with Gasteiger partial charge in [-0.3, -0.25) is 14.5 Å². The van der Waals surface area contributed by atoms with E-state index in [-0.39, 0.29) is 11.8 Å². The third-order valence-corrected chi connectivity index (χ3v) is 3.78. The molecule has 3 rings (SSSR count). The predicted molar refractivity (Wildman–Crippen MR) is 83.4 cm³/mol. The van der Waals surface area contributed by atoms with Gasteiger partial charge in [0.2, 0.25) is 5.91 Å². The summed E-state index contributed by atoms with van der Waals surface area (Å²) in [6.07, 6.45) is 1.62. The quantitative estimate of drug-likeness (QED) is 0.875. The molecule has 106 valence electrons. The highest BCUT2D eigenvalue weighted by Crippen LogP contribution is 2.38. The number of hydrogen-bond acceptors (Lipinski definition) is 2. The molecule has 0 saturated heterocycles. The molecule has 0 spiro atoms. The van der Waals surface area contributed by atoms with Gasteiger partial charge in [-0.1, -0.05) is 30.3 Å². The van der Waals surface area contributed by atoms with Gasteiger partial charge in [0.15, 0.2) is 0 Å². The maximum Gasteiger partial charge on any atom is 0.259 e. The lowest BCUT2D eigenvalue weighted by molar-refractivity contribution is -0.121. The van der Waals surface area contributed by atoms with Gasteiger partial charge in [-0.2, -0.15) is 0 Å². The van der Waals surface area contributed by atoms with Crippen molar-refractivity contribution >= 4 is 28.3 Å². The molecule has 21 heavy (non-hydrogen) atoms. The van der Waals surface area contributed by atoms with Crippen LogP contribution in [0.25, 0.3) is 10.8 Å². The molecule has 0 saturated carbocycles. The lowest BCUT2D eigenvalue weighted by atomic mass is 10.1. The van der Waals surface area contributed by atoms with Crippen LogP contribution in [0.2, 0.25) is 0 Å². The van der Waals surface area contributed by atoms with Crippen molar-refractivity contribution in [2.24, 2.45) is 0 Å². The summed E-state index contributed by atoms with van der Waals surface area (Å²) >= 11 is 0. The maximum absolute atomic E-state index is 12.6. The first kappa shape index (κ1) is 13.4. The van der Waals surface area contributed by atoms with Gasteiger partial charge in [0, 0.05) is 17.5 Å². The Bertz CT molecular complexity index is 746. The molecule has 0 fully saturated rings. The fourth-order valence-electron chi connectivity index (χ4n) is 2.76. The van der Waals surface area contributed by atoms with Crippen LogP contribution in [0.15, 0.2) is 49.1 Å². The van der Waals surface area contributed by atoms with Gasteiger partial charge < -0.3 is 5.32 Å². The predicted octanol–water partition coefficient (Wildman–Crippen LogP) is 2.49. The fraction of sp³-hybridized carbons (Fsp3) is 0.176. The molecule has 1 aliphatic heterocycles. The van der Waals surface area contributed by atoms with Gasteiger partial charge in [-0.15, -0.1) is 6.58 Å². The Kier molecular flexibility index (Phi) is 3.22. The molecule has 1 heterocycles. The topological polar surface area (TPSA) is 49.4 Å². The molecule has 2 aromatic carbocycles. The van der Waals surface area contributed by atoms with Crippen molar-refractivity contribution in [1.29, 1.82) is 0 Å². The summed E-state index contributed by atoms with van der Waals surface area (Å²) in [6.45, 7) is 5.70. The van der Waals surface area contributed by atoms with Crippen molar-refractivity contribution in [3.63, 3.8) is 0 Å². The van der Waals surface area contributed by atoms with Crippen LogP contribution in [-0.2, 0) is 4.79 Å².